The van der Waals surface area contributed by atoms with Crippen molar-refractivity contribution in [3.63, 3.8) is 0 Å². The van der Waals surface area contributed by atoms with Gasteiger partial charge < -0.3 is 92.2 Å². The summed E-state index contributed by atoms with van der Waals surface area (Å²) in [6.07, 6.45) is 22.4. The third-order valence-electron chi connectivity index (χ3n) is 20.8. The number of hydrogen-bond donors (Lipinski definition) is 12. The van der Waals surface area contributed by atoms with Gasteiger partial charge in [-0.1, -0.05) is 118 Å². The molecular weight excluding hydrogens is 1620 g/mol. The molecule has 0 aromatic heterocycles. The summed E-state index contributed by atoms with van der Waals surface area (Å²) in [5, 5.41) is 53.2. The number of rotatable bonds is 79. The Bertz CT molecular complexity index is 3460. The first-order chi connectivity index (χ1) is 59.8. The number of carbonyl (C=O) groups is 15. The van der Waals surface area contributed by atoms with Crippen LogP contribution >= 0.6 is 0 Å². The minimum absolute atomic E-state index is 0. The van der Waals surface area contributed by atoms with Crippen LogP contribution in [0.2, 0.25) is 0 Å². The number of benzene rings is 2. The second kappa shape index (κ2) is 71.9. The lowest BCUT2D eigenvalue weighted by Crippen LogP contribution is -2.41. The number of aliphatic carboxylic acids is 2. The molecule has 33 heteroatoms. The molecule has 0 spiro atoms. The third kappa shape index (κ3) is 61.8. The first-order valence-corrected chi connectivity index (χ1v) is 45.3. The third-order valence-corrected chi connectivity index (χ3v) is 20.8. The molecule has 14 N–H and O–H groups in total. The van der Waals surface area contributed by atoms with Gasteiger partial charge in [-0.3, -0.25) is 52.7 Å². The van der Waals surface area contributed by atoms with Crippen LogP contribution in [-0.2, 0) is 81.3 Å². The number of carbonyl (C=O) groups excluding carboxylic acids is 11. The zero-order chi connectivity index (χ0) is 92.8. The van der Waals surface area contributed by atoms with Crippen LogP contribution in [0.5, 0.6) is 11.5 Å². The van der Waals surface area contributed by atoms with Gasteiger partial charge in [-0.2, -0.15) is 0 Å². The zero-order valence-electron chi connectivity index (χ0n) is 75.4. The lowest BCUT2D eigenvalue weighted by Gasteiger charge is -2.23. The Labute approximate surface area is 742 Å². The summed E-state index contributed by atoms with van der Waals surface area (Å²) < 4.78 is 32.8. The van der Waals surface area contributed by atoms with E-state index < -0.39 is 65.3 Å². The number of Topliss-reactive ketones (excluding diaryl/α,β-unsaturated/α-hetero) is 5. The molecule has 0 unspecified atom stereocenters. The van der Waals surface area contributed by atoms with Crippen LogP contribution in [0.15, 0.2) is 48.5 Å². The van der Waals surface area contributed by atoms with E-state index in [0.717, 1.165) is 89.9 Å². The monoisotopic (exact) mass is 1770 g/mol. The Kier molecular flexibility index (Phi) is 65.5. The fourth-order valence-electron chi connectivity index (χ4n) is 12.8. The van der Waals surface area contributed by atoms with Gasteiger partial charge in [-0.15, -0.1) is 0 Å². The van der Waals surface area contributed by atoms with Crippen LogP contribution in [-0.4, -0.2) is 225 Å². The number of carboxylic acids is 4. The maximum Gasteiger partial charge on any atom is 0.335 e. The number of carboxylic acid groups (broad SMARTS) is 4. The van der Waals surface area contributed by atoms with E-state index in [9.17, 15) is 82.1 Å². The Morgan fingerprint density at radius 2 is 0.752 bits per heavy atom. The molecule has 712 valence electrons. The molecule has 0 bridgehead atoms. The molecular formula is C92H154N8O25. The molecule has 0 fully saturated rings. The molecule has 6 amide bonds. The van der Waals surface area contributed by atoms with Crippen molar-refractivity contribution >= 4 is 88.2 Å². The first kappa shape index (κ1) is 114. The minimum atomic E-state index is -1.19. The van der Waals surface area contributed by atoms with Gasteiger partial charge in [0.05, 0.1) is 62.9 Å². The van der Waals surface area contributed by atoms with Crippen molar-refractivity contribution in [1.29, 1.82) is 0 Å². The van der Waals surface area contributed by atoms with Gasteiger partial charge in [-0.25, -0.2) is 19.2 Å². The van der Waals surface area contributed by atoms with Gasteiger partial charge in [0, 0.05) is 111 Å². The molecule has 2 aromatic carbocycles. The lowest BCUT2D eigenvalue weighted by atomic mass is 9.79. The maximum atomic E-state index is 13.6. The highest BCUT2D eigenvalue weighted by Crippen LogP contribution is 2.28. The summed E-state index contributed by atoms with van der Waals surface area (Å²) in [6.45, 7) is 15.1. The summed E-state index contributed by atoms with van der Waals surface area (Å²) in [5.74, 6) is -6.13. The zero-order valence-corrected chi connectivity index (χ0v) is 75.4. The Morgan fingerprint density at radius 3 is 1.14 bits per heavy atom. The number of ketones is 5. The van der Waals surface area contributed by atoms with Gasteiger partial charge in [-0.05, 0) is 165 Å². The highest BCUT2D eigenvalue weighted by Gasteiger charge is 2.31. The fraction of sp³-hybridized carbons (Fsp3) is 0.707. The van der Waals surface area contributed by atoms with Gasteiger partial charge in [0.25, 0.3) is 0 Å². The molecule has 125 heavy (non-hydrogen) atoms. The van der Waals surface area contributed by atoms with Crippen LogP contribution < -0.4 is 52.8 Å². The lowest BCUT2D eigenvalue weighted by molar-refractivity contribution is -0.142. The van der Waals surface area contributed by atoms with Gasteiger partial charge in [0.1, 0.15) is 65.7 Å². The summed E-state index contributed by atoms with van der Waals surface area (Å²) >= 11 is 0. The molecule has 2 aromatic rings. The largest absolute Gasteiger partial charge is 0.494 e. The van der Waals surface area contributed by atoms with Crippen molar-refractivity contribution in [2.75, 3.05) is 92.2 Å². The topological polar surface area (TPSA) is 517 Å². The van der Waals surface area contributed by atoms with E-state index in [0.29, 0.717) is 154 Å². The van der Waals surface area contributed by atoms with Crippen LogP contribution in [0.3, 0.4) is 0 Å². The van der Waals surface area contributed by atoms with E-state index in [4.69, 9.17) is 50.1 Å². The van der Waals surface area contributed by atoms with E-state index in [1.54, 1.807) is 24.3 Å². The second-order valence-corrected chi connectivity index (χ2v) is 32.7. The second-order valence-electron chi connectivity index (χ2n) is 32.7. The van der Waals surface area contributed by atoms with Crippen molar-refractivity contribution in [1.82, 2.24) is 31.9 Å². The molecule has 33 nitrogen and oxygen atoms in total. The standard InChI is InChI=1S/C59H98N6O15.C33H52N2O10.2H2/c1-6-48(60)55(72)63-33-16-13-21-44(42(2)66)39-51(68)45(40-52(69)59(3,4)5)22-14-17-34-64-56(73)49(61)24-15-18-32-62-54(71)41-79-38-37-78-35-20-23-46(67)28-31-50(58(76)77)65-53(70)25-12-10-8-7-9-11-19-36-80-47-29-26-43(27-30-47)57(74)75;1-2-3-20-34-31(38)25-44-24-23-43-21-11-12-27(36)16-19-29(33(41)42)35-30(37)13-9-7-5-4-6-8-10-22-45-28-17-14-26(15-18-28)32(39)40;;/h26-27,29-30,44-45,48-50H,6-25,28,31-41,60-61H2,1-5H3,(H,62,71)(H,63,72)(H,64,73)(H,65,70)(H,74,75)(H,76,77);14-15,17-18,29H,2-13,16,19-25H2,1H3,(H,34,38)(H,35,37)(H,39,40)(H,41,42);2*1H/t44-,45-,48+,49+,50+;29-;;/m10../s1. The molecule has 0 heterocycles. The number of aromatic carboxylic acids is 2. The average molecular weight is 1770 g/mol. The quantitative estimate of drug-likeness (QED) is 0.0274. The highest BCUT2D eigenvalue weighted by molar-refractivity contribution is 5.93. The van der Waals surface area contributed by atoms with Gasteiger partial charge in [0.2, 0.25) is 35.4 Å². The highest BCUT2D eigenvalue weighted by atomic mass is 16.5. The number of unbranched alkanes of at least 4 members (excludes halogenated alkanes) is 16. The van der Waals surface area contributed by atoms with Crippen molar-refractivity contribution in [3.05, 3.63) is 59.7 Å². The van der Waals surface area contributed by atoms with Crippen molar-refractivity contribution in [2.24, 2.45) is 28.7 Å². The molecule has 0 aliphatic rings. The van der Waals surface area contributed by atoms with Crippen molar-refractivity contribution in [3.8, 4) is 11.5 Å². The Hall–Kier alpha value is -9.15. The van der Waals surface area contributed by atoms with Crippen LogP contribution in [0, 0.1) is 17.3 Å². The predicted octanol–water partition coefficient (Wildman–Crippen LogP) is 11.4. The normalized spacial score (nSPS) is 12.6. The molecule has 0 aliphatic heterocycles. The first-order valence-electron chi connectivity index (χ1n) is 45.3. The Morgan fingerprint density at radius 1 is 0.376 bits per heavy atom. The average Bonchev–Trinajstić information content (AvgIpc) is 0.869. The Balaban J connectivity index is 0. The van der Waals surface area contributed by atoms with Crippen LogP contribution in [0.4, 0.5) is 0 Å². The van der Waals surface area contributed by atoms with E-state index in [1.165, 1.54) is 31.2 Å². The molecule has 6 atom stereocenters. The van der Waals surface area contributed by atoms with E-state index >= 15 is 0 Å². The SMILES string of the molecule is CCCCNC(=O)COCCOCCCC(=O)CC[C@H](NC(=O)CCCCCCCCCOc1ccc(C(=O)O)cc1)C(=O)O.CC[C@H](N)C(=O)NCCCC[C@H](CC(=O)[C@H](CCCCNC(=O)[C@@H](N)CCCCNC(=O)COCCOCCCC(=O)CC[C@H](NC(=O)CCCCCCCCCOc1ccc(C(=O)O)cc1)C(=O)O)CC(=O)C(C)(C)C)C(C)=O.[HH].[HH]. The number of ether oxygens (including phenoxy) is 6. The smallest absolute Gasteiger partial charge is 0.335 e. The number of nitrogens with two attached hydrogens (primary N) is 2. The number of hydrogen-bond acceptors (Lipinski definition) is 23. The van der Waals surface area contributed by atoms with E-state index in [-0.39, 0.29) is 182 Å². The van der Waals surface area contributed by atoms with Crippen LogP contribution in [0.25, 0.3) is 0 Å². The summed E-state index contributed by atoms with van der Waals surface area (Å²) in [6, 6.07) is 9.09. The molecule has 0 aliphatic carbocycles. The molecule has 0 saturated heterocycles. The summed E-state index contributed by atoms with van der Waals surface area (Å²) in [4.78, 5) is 182. The van der Waals surface area contributed by atoms with Crippen molar-refractivity contribution in [2.45, 2.75) is 310 Å². The predicted molar refractivity (Wildman–Crippen MR) is 476 cm³/mol. The summed E-state index contributed by atoms with van der Waals surface area (Å²) in [5.41, 5.74) is 11.7. The minimum Gasteiger partial charge on any atom is -0.494 e. The molecule has 0 radical (unpaired) electrons. The maximum absolute atomic E-state index is 13.6. The number of nitrogens with one attached hydrogen (secondary N) is 6. The summed E-state index contributed by atoms with van der Waals surface area (Å²) in [7, 11) is 0. The van der Waals surface area contributed by atoms with Crippen molar-refractivity contribution < 1.29 is 124 Å². The fourth-order valence-corrected chi connectivity index (χ4v) is 12.8. The van der Waals surface area contributed by atoms with Gasteiger partial charge >= 0.3 is 23.9 Å². The molecule has 2 rings (SSSR count). The molecule has 0 saturated carbocycles. The van der Waals surface area contributed by atoms with Crippen LogP contribution in [0.1, 0.15) is 309 Å². The van der Waals surface area contributed by atoms with E-state index in [2.05, 4.69) is 31.9 Å². The number of amides is 6. The van der Waals surface area contributed by atoms with Gasteiger partial charge in [0.15, 0.2) is 0 Å². The van der Waals surface area contributed by atoms with E-state index in [1.807, 2.05) is 34.6 Å².